The summed E-state index contributed by atoms with van der Waals surface area (Å²) in [5.74, 6) is 1.05. The van der Waals surface area contributed by atoms with E-state index in [1.807, 2.05) is 12.1 Å². The summed E-state index contributed by atoms with van der Waals surface area (Å²) < 4.78 is 24.8. The molecule has 2 aromatic carbocycles. The number of carbonyl (C=O) groups is 1. The zero-order valence-corrected chi connectivity index (χ0v) is 13.9. The molecule has 6 nitrogen and oxygen atoms in total. The summed E-state index contributed by atoms with van der Waals surface area (Å²) in [5, 5.41) is 5.90. The van der Waals surface area contributed by atoms with Gasteiger partial charge in [-0.2, -0.15) is 0 Å². The number of anilines is 1. The molecule has 0 saturated heterocycles. The van der Waals surface area contributed by atoms with Crippen molar-refractivity contribution < 1.29 is 18.7 Å². The van der Waals surface area contributed by atoms with Gasteiger partial charge in [0.1, 0.15) is 19.0 Å². The standard InChI is InChI=1S/C17H14FN3O3S/c18-11-3-1-10(2-4-11)9-19-16(22)21-17-20-12-7-13-14(8-15(12)25-17)24-6-5-23-13/h1-4,7-8H,5-6,9H2,(H2,19,20,21,22). The minimum atomic E-state index is -0.374. The van der Waals surface area contributed by atoms with Crippen molar-refractivity contribution in [2.75, 3.05) is 18.5 Å². The molecule has 0 fully saturated rings. The van der Waals surface area contributed by atoms with Crippen molar-refractivity contribution in [3.8, 4) is 11.5 Å². The number of halogens is 1. The Hall–Kier alpha value is -2.87. The highest BCUT2D eigenvalue weighted by Gasteiger charge is 2.16. The molecule has 0 saturated carbocycles. The summed E-state index contributed by atoms with van der Waals surface area (Å²) in [4.78, 5) is 16.4. The number of ether oxygens (including phenoxy) is 2. The number of nitrogens with zero attached hydrogens (tertiary/aromatic N) is 1. The highest BCUT2D eigenvalue weighted by molar-refractivity contribution is 7.22. The average molecular weight is 359 g/mol. The number of hydrogen-bond donors (Lipinski definition) is 2. The quantitative estimate of drug-likeness (QED) is 0.750. The van der Waals surface area contributed by atoms with Gasteiger partial charge in [-0.3, -0.25) is 5.32 Å². The van der Waals surface area contributed by atoms with Crippen molar-refractivity contribution in [2.45, 2.75) is 6.54 Å². The van der Waals surface area contributed by atoms with E-state index in [0.717, 1.165) is 15.8 Å². The topological polar surface area (TPSA) is 72.5 Å². The Bertz CT molecular complexity index is 884. The lowest BCUT2D eigenvalue weighted by molar-refractivity contribution is 0.172. The zero-order chi connectivity index (χ0) is 17.2. The number of nitrogens with one attached hydrogen (secondary N) is 2. The monoisotopic (exact) mass is 359 g/mol. The normalized spacial score (nSPS) is 12.8. The van der Waals surface area contributed by atoms with Gasteiger partial charge in [0.2, 0.25) is 0 Å². The SMILES string of the molecule is O=C(NCc1ccc(F)cc1)Nc1nc2cc3c(cc2s1)OCCO3. The van der Waals surface area contributed by atoms with E-state index in [1.165, 1.54) is 23.5 Å². The maximum absolute atomic E-state index is 12.9. The molecule has 4 rings (SSSR count). The maximum atomic E-state index is 12.9. The van der Waals surface area contributed by atoms with Crippen LogP contribution >= 0.6 is 11.3 Å². The van der Waals surface area contributed by atoms with Gasteiger partial charge in [-0.25, -0.2) is 14.2 Å². The van der Waals surface area contributed by atoms with Crippen LogP contribution in [0.5, 0.6) is 11.5 Å². The summed E-state index contributed by atoms with van der Waals surface area (Å²) in [7, 11) is 0. The number of fused-ring (bicyclic) bond motifs is 2. The first-order chi connectivity index (χ1) is 12.2. The molecule has 0 radical (unpaired) electrons. The van der Waals surface area contributed by atoms with Crippen molar-refractivity contribution in [1.29, 1.82) is 0 Å². The smallest absolute Gasteiger partial charge is 0.321 e. The fourth-order valence-corrected chi connectivity index (χ4v) is 3.32. The Morgan fingerprint density at radius 3 is 2.64 bits per heavy atom. The Kier molecular flexibility index (Phi) is 4.10. The molecule has 1 aromatic heterocycles. The van der Waals surface area contributed by atoms with Crippen LogP contribution in [0.15, 0.2) is 36.4 Å². The van der Waals surface area contributed by atoms with E-state index >= 15 is 0 Å². The second-order valence-corrected chi connectivity index (χ2v) is 6.45. The number of benzene rings is 2. The Morgan fingerprint density at radius 2 is 1.88 bits per heavy atom. The van der Waals surface area contributed by atoms with Crippen LogP contribution in [-0.2, 0) is 6.54 Å². The molecular formula is C17H14FN3O3S. The fourth-order valence-electron chi connectivity index (χ4n) is 2.44. The van der Waals surface area contributed by atoms with Gasteiger partial charge < -0.3 is 14.8 Å². The summed E-state index contributed by atoms with van der Waals surface area (Å²) in [6.07, 6.45) is 0. The summed E-state index contributed by atoms with van der Waals surface area (Å²) in [6.45, 7) is 1.33. The van der Waals surface area contributed by atoms with Gasteiger partial charge in [-0.1, -0.05) is 23.5 Å². The van der Waals surface area contributed by atoms with Crippen LogP contribution in [-0.4, -0.2) is 24.2 Å². The number of urea groups is 1. The second-order valence-electron chi connectivity index (χ2n) is 5.42. The molecule has 128 valence electrons. The van der Waals surface area contributed by atoms with Crippen LogP contribution in [0.4, 0.5) is 14.3 Å². The van der Waals surface area contributed by atoms with Crippen LogP contribution in [0.2, 0.25) is 0 Å². The zero-order valence-electron chi connectivity index (χ0n) is 13.0. The second kappa shape index (κ2) is 6.56. The molecule has 2 amide bonds. The van der Waals surface area contributed by atoms with Gasteiger partial charge in [0, 0.05) is 18.7 Å². The fraction of sp³-hybridized carbons (Fsp3) is 0.176. The predicted octanol–water partition coefficient (Wildman–Crippen LogP) is 3.53. The molecule has 0 atom stereocenters. The molecule has 0 spiro atoms. The Labute approximate surface area is 146 Å². The van der Waals surface area contributed by atoms with Crippen molar-refractivity contribution in [3.63, 3.8) is 0 Å². The van der Waals surface area contributed by atoms with E-state index < -0.39 is 0 Å². The number of rotatable bonds is 3. The Morgan fingerprint density at radius 1 is 1.16 bits per heavy atom. The lowest BCUT2D eigenvalue weighted by atomic mass is 10.2. The van der Waals surface area contributed by atoms with Crippen LogP contribution < -0.4 is 20.1 Å². The predicted molar refractivity (Wildman–Crippen MR) is 92.9 cm³/mol. The van der Waals surface area contributed by atoms with Crippen LogP contribution in [0.1, 0.15) is 5.56 Å². The molecule has 25 heavy (non-hydrogen) atoms. The molecule has 0 unspecified atom stereocenters. The van der Waals surface area contributed by atoms with Crippen LogP contribution in [0.25, 0.3) is 10.2 Å². The van der Waals surface area contributed by atoms with Gasteiger partial charge in [0.15, 0.2) is 16.6 Å². The van der Waals surface area contributed by atoms with E-state index in [1.54, 1.807) is 12.1 Å². The first kappa shape index (κ1) is 15.6. The Balaban J connectivity index is 1.43. The third-order valence-electron chi connectivity index (χ3n) is 3.64. The van der Waals surface area contributed by atoms with Gasteiger partial charge in [0.25, 0.3) is 0 Å². The maximum Gasteiger partial charge on any atom is 0.321 e. The molecule has 3 aromatic rings. The van der Waals surface area contributed by atoms with Crippen molar-refractivity contribution in [3.05, 3.63) is 47.8 Å². The van der Waals surface area contributed by atoms with Crippen molar-refractivity contribution in [2.24, 2.45) is 0 Å². The molecule has 0 aliphatic carbocycles. The minimum Gasteiger partial charge on any atom is -0.486 e. The van der Waals surface area contributed by atoms with E-state index in [0.29, 0.717) is 36.4 Å². The van der Waals surface area contributed by atoms with E-state index in [-0.39, 0.29) is 11.8 Å². The molecule has 8 heteroatoms. The minimum absolute atomic E-state index is 0.299. The highest BCUT2D eigenvalue weighted by atomic mass is 32.1. The lowest BCUT2D eigenvalue weighted by Crippen LogP contribution is -2.28. The van der Waals surface area contributed by atoms with E-state index in [9.17, 15) is 9.18 Å². The molecular weight excluding hydrogens is 345 g/mol. The summed E-state index contributed by atoms with van der Waals surface area (Å²) in [5.41, 5.74) is 1.55. The van der Waals surface area contributed by atoms with E-state index in [2.05, 4.69) is 15.6 Å². The van der Waals surface area contributed by atoms with Crippen LogP contribution in [0.3, 0.4) is 0 Å². The van der Waals surface area contributed by atoms with Gasteiger partial charge in [-0.15, -0.1) is 0 Å². The third-order valence-corrected chi connectivity index (χ3v) is 4.57. The number of hydrogen-bond acceptors (Lipinski definition) is 5. The first-order valence-corrected chi connectivity index (χ1v) is 8.48. The number of aromatic nitrogens is 1. The number of carbonyl (C=O) groups excluding carboxylic acids is 1. The summed E-state index contributed by atoms with van der Waals surface area (Å²) >= 11 is 1.35. The van der Waals surface area contributed by atoms with E-state index in [4.69, 9.17) is 9.47 Å². The number of amides is 2. The highest BCUT2D eigenvalue weighted by Crippen LogP contribution is 2.37. The molecule has 1 aliphatic heterocycles. The lowest BCUT2D eigenvalue weighted by Gasteiger charge is -2.17. The van der Waals surface area contributed by atoms with Crippen molar-refractivity contribution >= 4 is 32.7 Å². The molecule has 2 N–H and O–H groups in total. The van der Waals surface area contributed by atoms with Gasteiger partial charge >= 0.3 is 6.03 Å². The largest absolute Gasteiger partial charge is 0.486 e. The molecule has 0 bridgehead atoms. The molecule has 2 heterocycles. The van der Waals surface area contributed by atoms with Gasteiger partial charge in [0.05, 0.1) is 10.2 Å². The number of thiazole rings is 1. The van der Waals surface area contributed by atoms with Gasteiger partial charge in [-0.05, 0) is 17.7 Å². The summed E-state index contributed by atoms with van der Waals surface area (Å²) in [6, 6.07) is 9.25. The van der Waals surface area contributed by atoms with Crippen LogP contribution in [0, 0.1) is 5.82 Å². The average Bonchev–Trinajstić information content (AvgIpc) is 3.00. The first-order valence-electron chi connectivity index (χ1n) is 7.67. The molecule has 1 aliphatic rings. The van der Waals surface area contributed by atoms with Crippen molar-refractivity contribution in [1.82, 2.24) is 10.3 Å². The third kappa shape index (κ3) is 3.48.